The minimum atomic E-state index is -0.314. The van der Waals surface area contributed by atoms with Crippen LogP contribution in [0.4, 0.5) is 5.69 Å². The van der Waals surface area contributed by atoms with Crippen LogP contribution in [0.2, 0.25) is 0 Å². The van der Waals surface area contributed by atoms with Gasteiger partial charge in [0, 0.05) is 12.2 Å². The number of anilines is 1. The van der Waals surface area contributed by atoms with Crippen molar-refractivity contribution in [2.75, 3.05) is 24.7 Å². The number of carbonyl (C=O) groups is 2. The Morgan fingerprint density at radius 3 is 2.59 bits per heavy atom. The van der Waals surface area contributed by atoms with Crippen molar-refractivity contribution in [2.45, 2.75) is 39.0 Å². The molecular weight excluding hydrogens is 344 g/mol. The number of hydrogen-bond donors (Lipinski definition) is 0. The predicted molar refractivity (Wildman–Crippen MR) is 100 cm³/mol. The van der Waals surface area contributed by atoms with Crippen LogP contribution < -0.4 is 9.64 Å². The molecular formula is C21H26N2O4. The van der Waals surface area contributed by atoms with Crippen LogP contribution in [-0.2, 0) is 14.3 Å². The highest BCUT2D eigenvalue weighted by atomic mass is 16.5. The highest BCUT2D eigenvalue weighted by Gasteiger charge is 2.44. The van der Waals surface area contributed by atoms with Crippen LogP contribution in [0.15, 0.2) is 24.3 Å². The maximum Gasteiger partial charge on any atom is 0.309 e. The first-order valence-electron chi connectivity index (χ1n) is 9.69. The number of esters is 1. The predicted octanol–water partition coefficient (Wildman–Crippen LogP) is 3.31. The number of ether oxygens (including phenoxy) is 2. The molecule has 0 radical (unpaired) electrons. The molecule has 0 spiro atoms. The second-order valence-electron chi connectivity index (χ2n) is 7.27. The van der Waals surface area contributed by atoms with Gasteiger partial charge in [-0.2, -0.15) is 5.26 Å². The monoisotopic (exact) mass is 370 g/mol. The average molecular weight is 370 g/mol. The molecule has 2 aliphatic rings. The van der Waals surface area contributed by atoms with E-state index in [1.165, 1.54) is 11.3 Å². The molecule has 0 aliphatic heterocycles. The number of benzene rings is 1. The lowest BCUT2D eigenvalue weighted by Gasteiger charge is -2.23. The van der Waals surface area contributed by atoms with Crippen molar-refractivity contribution < 1.29 is 19.1 Å². The van der Waals surface area contributed by atoms with Crippen LogP contribution in [0.5, 0.6) is 5.75 Å². The molecule has 6 nitrogen and oxygen atoms in total. The summed E-state index contributed by atoms with van der Waals surface area (Å²) in [6, 6.07) is 9.18. The maximum absolute atomic E-state index is 12.6. The molecule has 1 aromatic carbocycles. The van der Waals surface area contributed by atoms with Crippen molar-refractivity contribution in [1.29, 1.82) is 5.26 Å². The molecule has 0 saturated heterocycles. The summed E-state index contributed by atoms with van der Waals surface area (Å²) in [5, 5.41) is 8.89. The van der Waals surface area contributed by atoms with Crippen molar-refractivity contribution in [3.05, 3.63) is 24.3 Å². The van der Waals surface area contributed by atoms with E-state index in [2.05, 4.69) is 6.07 Å². The number of amides is 1. The standard InChI is InChI=1S/C21H26N2O4/c1-2-26-18-8-6-17(7-9-18)23(11-3-10-22)20(24)14-27-21(25)19-13-15-4-5-16(19)12-15/h6-9,15-16,19H,2-5,11-14H2,1H3. The topological polar surface area (TPSA) is 79.6 Å². The van der Waals surface area contributed by atoms with E-state index in [0.717, 1.165) is 25.0 Å². The lowest BCUT2D eigenvalue weighted by atomic mass is 9.89. The third-order valence-corrected chi connectivity index (χ3v) is 5.59. The summed E-state index contributed by atoms with van der Waals surface area (Å²) in [7, 11) is 0. The van der Waals surface area contributed by atoms with Gasteiger partial charge in [0.05, 0.1) is 25.0 Å². The highest BCUT2D eigenvalue weighted by molar-refractivity contribution is 5.95. The average Bonchev–Trinajstić information content (AvgIpc) is 3.31. The zero-order chi connectivity index (χ0) is 19.2. The highest BCUT2D eigenvalue weighted by Crippen LogP contribution is 2.48. The molecule has 0 aromatic heterocycles. The molecule has 3 unspecified atom stereocenters. The Balaban J connectivity index is 1.59. The molecule has 0 heterocycles. The van der Waals surface area contributed by atoms with E-state index in [1.807, 2.05) is 6.92 Å². The lowest BCUT2D eigenvalue weighted by Crippen LogP contribution is -2.36. The Kier molecular flexibility index (Phi) is 6.33. The third-order valence-electron chi connectivity index (χ3n) is 5.59. The second kappa shape index (κ2) is 8.90. The summed E-state index contributed by atoms with van der Waals surface area (Å²) in [5.41, 5.74) is 0.662. The molecule has 6 heteroatoms. The van der Waals surface area contributed by atoms with Crippen LogP contribution >= 0.6 is 0 Å². The first-order chi connectivity index (χ1) is 13.1. The van der Waals surface area contributed by atoms with Gasteiger partial charge in [-0.3, -0.25) is 9.59 Å². The molecule has 2 fully saturated rings. The summed E-state index contributed by atoms with van der Waals surface area (Å²) >= 11 is 0. The van der Waals surface area contributed by atoms with E-state index in [-0.39, 0.29) is 37.4 Å². The zero-order valence-electron chi connectivity index (χ0n) is 15.7. The van der Waals surface area contributed by atoms with Crippen molar-refractivity contribution >= 4 is 17.6 Å². The molecule has 2 bridgehead atoms. The summed E-state index contributed by atoms with van der Waals surface area (Å²) in [6.07, 6.45) is 4.54. The van der Waals surface area contributed by atoms with Crippen molar-refractivity contribution in [1.82, 2.24) is 0 Å². The fourth-order valence-electron chi connectivity index (χ4n) is 4.30. The van der Waals surface area contributed by atoms with Gasteiger partial charge in [-0.05, 0) is 62.3 Å². The molecule has 1 aromatic rings. The lowest BCUT2D eigenvalue weighted by molar-refractivity contribution is -0.153. The third kappa shape index (κ3) is 4.60. The molecule has 27 heavy (non-hydrogen) atoms. The number of carbonyl (C=O) groups excluding carboxylic acids is 2. The van der Waals surface area contributed by atoms with Gasteiger partial charge in [0.15, 0.2) is 6.61 Å². The Morgan fingerprint density at radius 2 is 2.00 bits per heavy atom. The fourth-order valence-corrected chi connectivity index (χ4v) is 4.30. The van der Waals surface area contributed by atoms with Gasteiger partial charge in [-0.1, -0.05) is 6.42 Å². The van der Waals surface area contributed by atoms with Crippen molar-refractivity contribution in [3.63, 3.8) is 0 Å². The van der Waals surface area contributed by atoms with E-state index in [9.17, 15) is 9.59 Å². The van der Waals surface area contributed by atoms with Gasteiger partial charge >= 0.3 is 5.97 Å². The number of nitriles is 1. The number of hydrogen-bond acceptors (Lipinski definition) is 5. The summed E-state index contributed by atoms with van der Waals surface area (Å²) in [6.45, 7) is 2.44. The number of fused-ring (bicyclic) bond motifs is 2. The van der Waals surface area contributed by atoms with Crippen LogP contribution in [0.1, 0.15) is 39.0 Å². The molecule has 1 amide bonds. The van der Waals surface area contributed by atoms with Crippen LogP contribution in [0.25, 0.3) is 0 Å². The molecule has 2 saturated carbocycles. The van der Waals surface area contributed by atoms with Crippen LogP contribution in [0.3, 0.4) is 0 Å². The van der Waals surface area contributed by atoms with Crippen molar-refractivity contribution in [3.8, 4) is 11.8 Å². The first kappa shape index (κ1) is 19.2. The summed E-state index contributed by atoms with van der Waals surface area (Å²) < 4.78 is 10.8. The second-order valence-corrected chi connectivity index (χ2v) is 7.27. The molecule has 0 N–H and O–H groups in total. The molecule has 3 rings (SSSR count). The molecule has 144 valence electrons. The number of rotatable bonds is 8. The Bertz CT molecular complexity index is 710. The summed E-state index contributed by atoms with van der Waals surface area (Å²) in [5.74, 6) is 1.19. The SMILES string of the molecule is CCOc1ccc(N(CCC#N)C(=O)COC(=O)C2CC3CCC2C3)cc1. The smallest absolute Gasteiger partial charge is 0.309 e. The van der Waals surface area contributed by atoms with Crippen LogP contribution in [-0.4, -0.2) is 31.6 Å². The van der Waals surface area contributed by atoms with Gasteiger partial charge < -0.3 is 14.4 Å². The van der Waals surface area contributed by atoms with Crippen molar-refractivity contribution in [2.24, 2.45) is 17.8 Å². The zero-order valence-corrected chi connectivity index (χ0v) is 15.7. The van der Waals surface area contributed by atoms with Gasteiger partial charge in [-0.15, -0.1) is 0 Å². The van der Waals surface area contributed by atoms with E-state index in [0.29, 0.717) is 24.1 Å². The fraction of sp³-hybridized carbons (Fsp3) is 0.571. The van der Waals surface area contributed by atoms with Gasteiger partial charge in [0.25, 0.3) is 5.91 Å². The van der Waals surface area contributed by atoms with Crippen LogP contribution in [0, 0.1) is 29.1 Å². The molecule has 2 aliphatic carbocycles. The molecule has 3 atom stereocenters. The minimum Gasteiger partial charge on any atom is -0.494 e. The quantitative estimate of drug-likeness (QED) is 0.656. The van der Waals surface area contributed by atoms with Gasteiger partial charge in [-0.25, -0.2) is 0 Å². The first-order valence-corrected chi connectivity index (χ1v) is 9.69. The van der Waals surface area contributed by atoms with E-state index >= 15 is 0 Å². The van der Waals surface area contributed by atoms with E-state index in [4.69, 9.17) is 14.7 Å². The minimum absolute atomic E-state index is 0.0467. The van der Waals surface area contributed by atoms with Gasteiger partial charge in [0.1, 0.15) is 5.75 Å². The van der Waals surface area contributed by atoms with E-state index in [1.54, 1.807) is 24.3 Å². The Hall–Kier alpha value is -2.55. The largest absolute Gasteiger partial charge is 0.494 e. The maximum atomic E-state index is 12.6. The number of nitrogens with zero attached hydrogens (tertiary/aromatic N) is 2. The normalized spacial score (nSPS) is 22.9. The van der Waals surface area contributed by atoms with Gasteiger partial charge in [0.2, 0.25) is 0 Å². The Labute approximate surface area is 160 Å². The summed E-state index contributed by atoms with van der Waals surface area (Å²) in [4.78, 5) is 26.5. The Morgan fingerprint density at radius 1 is 1.22 bits per heavy atom. The van der Waals surface area contributed by atoms with E-state index < -0.39 is 0 Å².